The Kier molecular flexibility index (Phi) is 15.5. The first-order chi connectivity index (χ1) is 22.3. The lowest BCUT2D eigenvalue weighted by Gasteiger charge is -2.49. The maximum absolute atomic E-state index is 14.4. The summed E-state index contributed by atoms with van der Waals surface area (Å²) in [6.45, 7) is 28.2. The van der Waals surface area contributed by atoms with E-state index in [1.165, 1.54) is 0 Å². The van der Waals surface area contributed by atoms with Crippen LogP contribution in [0.5, 0.6) is 0 Å². The summed E-state index contributed by atoms with van der Waals surface area (Å²) in [6, 6.07) is -0.185. The van der Waals surface area contributed by atoms with Crippen LogP contribution in [0.3, 0.4) is 0 Å². The number of hydrogen-bond acceptors (Lipinski definition) is 10. The molecule has 0 aromatic carbocycles. The third kappa shape index (κ3) is 11.5. The molecule has 2 rings (SSSR count). The maximum Gasteiger partial charge on any atom is 0.311 e. The van der Waals surface area contributed by atoms with E-state index in [2.05, 4.69) is 39.3 Å². The number of cyclic esters (lactones) is 1. The zero-order valence-corrected chi connectivity index (χ0v) is 35.8. The van der Waals surface area contributed by atoms with Gasteiger partial charge in [0.1, 0.15) is 17.8 Å². The second-order valence-corrected chi connectivity index (χ2v) is 26.1. The van der Waals surface area contributed by atoms with Crippen molar-refractivity contribution in [3.63, 3.8) is 0 Å². The molecule has 12 heteroatoms. The van der Waals surface area contributed by atoms with Gasteiger partial charge in [0.2, 0.25) is 0 Å². The van der Waals surface area contributed by atoms with E-state index in [0.717, 1.165) is 0 Å². The number of ketones is 1. The van der Waals surface area contributed by atoms with Crippen LogP contribution in [0.1, 0.15) is 81.1 Å². The van der Waals surface area contributed by atoms with Crippen molar-refractivity contribution in [3.8, 4) is 0 Å². The fourth-order valence-corrected chi connectivity index (χ4v) is 10.5. The van der Waals surface area contributed by atoms with Crippen LogP contribution in [0.4, 0.5) is 0 Å². The molecule has 12 atom stereocenters. The predicted molar refractivity (Wildman–Crippen MR) is 199 cm³/mol. The molecule has 0 spiro atoms. The van der Waals surface area contributed by atoms with E-state index in [4.69, 9.17) is 27.8 Å². The standard InChI is InChI=1S/C37H71NO9Si2/c1-18-27-22-36(7,47-49(15,16)17)29(19-2)44-34(41)26(6)32(46-48(12,13)14)25(5)33(37(8,42-11)21-23(3)30(27)39)45-35-31(40)28(38(9)10)20-24(4)43-35/h22-26,28-29,31-33,35,40H,18-21H2,1-17H3/b27-22+/t23-,24-,25+,26-,28+,29-,31-,32+,33-,35?,36+,37+/m1/s1. The summed E-state index contributed by atoms with van der Waals surface area (Å²) in [7, 11) is 1.07. The summed E-state index contributed by atoms with van der Waals surface area (Å²) < 4.78 is 39.6. The van der Waals surface area contributed by atoms with Crippen molar-refractivity contribution in [2.24, 2.45) is 17.8 Å². The van der Waals surface area contributed by atoms with Crippen LogP contribution in [0.2, 0.25) is 39.3 Å². The average Bonchev–Trinajstić information content (AvgIpc) is 2.98. The highest BCUT2D eigenvalue weighted by atomic mass is 28.4. The first-order valence-electron chi connectivity index (χ1n) is 18.4. The van der Waals surface area contributed by atoms with Gasteiger partial charge >= 0.3 is 5.97 Å². The minimum atomic E-state index is -2.25. The molecule has 0 bridgehead atoms. The van der Waals surface area contributed by atoms with Crippen molar-refractivity contribution in [1.82, 2.24) is 4.90 Å². The third-order valence-electron chi connectivity index (χ3n) is 10.1. The van der Waals surface area contributed by atoms with Crippen LogP contribution in [0, 0.1) is 17.8 Å². The monoisotopic (exact) mass is 729 g/mol. The van der Waals surface area contributed by atoms with Crippen LogP contribution in [0.15, 0.2) is 11.6 Å². The lowest BCUT2D eigenvalue weighted by atomic mass is 9.76. The Hall–Kier alpha value is -0.966. The number of carbonyl (C=O) groups is 2. The van der Waals surface area contributed by atoms with Gasteiger partial charge in [-0.1, -0.05) is 27.7 Å². The van der Waals surface area contributed by atoms with Crippen molar-refractivity contribution in [1.29, 1.82) is 0 Å². The predicted octanol–water partition coefficient (Wildman–Crippen LogP) is 6.57. The maximum atomic E-state index is 14.4. The van der Waals surface area contributed by atoms with Crippen LogP contribution in [-0.2, 0) is 37.4 Å². The smallest absolute Gasteiger partial charge is 0.311 e. The molecular weight excluding hydrogens is 659 g/mol. The molecule has 49 heavy (non-hydrogen) atoms. The molecule has 0 amide bonds. The van der Waals surface area contributed by atoms with Crippen LogP contribution in [0.25, 0.3) is 0 Å². The summed E-state index contributed by atoms with van der Waals surface area (Å²) in [5.41, 5.74) is -1.42. The van der Waals surface area contributed by atoms with Gasteiger partial charge in [0.15, 0.2) is 28.7 Å². The highest BCUT2D eigenvalue weighted by Gasteiger charge is 2.51. The number of methoxy groups -OCH3 is 1. The highest BCUT2D eigenvalue weighted by Crippen LogP contribution is 2.40. The van der Waals surface area contributed by atoms with E-state index in [0.29, 0.717) is 31.3 Å². The normalized spacial score (nSPS) is 40.4. The van der Waals surface area contributed by atoms with Gasteiger partial charge in [-0.15, -0.1) is 0 Å². The second kappa shape index (κ2) is 17.2. The number of likely N-dealkylation sites (N-methyl/N-ethyl adjacent to an activating group) is 1. The zero-order chi connectivity index (χ0) is 37.9. The summed E-state index contributed by atoms with van der Waals surface area (Å²) >= 11 is 0. The Morgan fingerprint density at radius 2 is 1.59 bits per heavy atom. The Morgan fingerprint density at radius 1 is 1.00 bits per heavy atom. The molecule has 0 aromatic rings. The first-order valence-corrected chi connectivity index (χ1v) is 25.2. The minimum Gasteiger partial charge on any atom is -0.459 e. The number of nitrogens with zero attached hydrogens (tertiary/aromatic N) is 1. The van der Waals surface area contributed by atoms with E-state index in [-0.39, 0.29) is 17.9 Å². The van der Waals surface area contributed by atoms with E-state index in [1.54, 1.807) is 7.11 Å². The third-order valence-corrected chi connectivity index (χ3v) is 12.1. The molecule has 0 aliphatic carbocycles. The molecule has 2 aliphatic heterocycles. The molecule has 0 radical (unpaired) electrons. The van der Waals surface area contributed by atoms with Crippen LogP contribution >= 0.6 is 0 Å². The Labute approximate surface area is 300 Å². The van der Waals surface area contributed by atoms with E-state index < -0.39 is 82.3 Å². The topological polar surface area (TPSA) is 113 Å². The summed E-state index contributed by atoms with van der Waals surface area (Å²) in [6.07, 6.45) is -0.180. The van der Waals surface area contributed by atoms with Gasteiger partial charge in [-0.3, -0.25) is 9.59 Å². The van der Waals surface area contributed by atoms with Gasteiger partial charge in [-0.2, -0.15) is 0 Å². The van der Waals surface area contributed by atoms with Gasteiger partial charge < -0.3 is 37.8 Å². The fraction of sp³-hybridized carbons (Fsp3) is 0.892. The zero-order valence-electron chi connectivity index (χ0n) is 33.8. The van der Waals surface area contributed by atoms with Crippen molar-refractivity contribution in [2.75, 3.05) is 21.2 Å². The molecule has 2 heterocycles. The van der Waals surface area contributed by atoms with Crippen molar-refractivity contribution < 1.29 is 42.5 Å². The van der Waals surface area contributed by atoms with E-state index >= 15 is 0 Å². The molecule has 10 nitrogen and oxygen atoms in total. The number of allylic oxidation sites excluding steroid dienone is 1. The lowest BCUT2D eigenvalue weighted by Crippen LogP contribution is -2.60. The van der Waals surface area contributed by atoms with Gasteiger partial charge in [0, 0.05) is 25.0 Å². The summed E-state index contributed by atoms with van der Waals surface area (Å²) in [4.78, 5) is 30.6. The lowest BCUT2D eigenvalue weighted by molar-refractivity contribution is -0.301. The molecule has 286 valence electrons. The van der Waals surface area contributed by atoms with Gasteiger partial charge in [0.25, 0.3) is 0 Å². The molecule has 2 aliphatic rings. The summed E-state index contributed by atoms with van der Waals surface area (Å²) in [5.74, 6) is -1.99. The molecule has 0 saturated carbocycles. The Balaban J connectivity index is 2.86. The fourth-order valence-electron chi connectivity index (χ4n) is 7.73. The minimum absolute atomic E-state index is 0.0145. The number of rotatable bonds is 10. The quantitative estimate of drug-likeness (QED) is 0.196. The highest BCUT2D eigenvalue weighted by molar-refractivity contribution is 6.70. The molecule has 1 N–H and O–H groups in total. The van der Waals surface area contributed by atoms with Gasteiger partial charge in [-0.25, -0.2) is 0 Å². The van der Waals surface area contributed by atoms with Crippen molar-refractivity contribution in [2.45, 2.75) is 174 Å². The van der Waals surface area contributed by atoms with E-state index in [9.17, 15) is 14.7 Å². The number of Topliss-reactive ketones (excluding diaryl/α,β-unsaturated/α-hetero) is 1. The number of aliphatic hydroxyl groups is 1. The number of esters is 1. The number of ether oxygens (including phenoxy) is 4. The largest absolute Gasteiger partial charge is 0.459 e. The van der Waals surface area contributed by atoms with Gasteiger partial charge in [0.05, 0.1) is 29.8 Å². The van der Waals surface area contributed by atoms with Gasteiger partial charge in [-0.05, 0) is 118 Å². The second-order valence-electron chi connectivity index (χ2n) is 17.2. The molecular formula is C37H71NO9Si2. The van der Waals surface area contributed by atoms with Crippen molar-refractivity contribution >= 4 is 28.4 Å². The molecule has 1 unspecified atom stereocenters. The average molecular weight is 730 g/mol. The summed E-state index contributed by atoms with van der Waals surface area (Å²) in [5, 5.41) is 11.5. The van der Waals surface area contributed by atoms with Crippen LogP contribution in [-0.4, -0.2) is 114 Å². The molecule has 0 aromatic heterocycles. The van der Waals surface area contributed by atoms with E-state index in [1.807, 2.05) is 80.5 Å². The number of hydrogen-bond donors (Lipinski definition) is 1. The van der Waals surface area contributed by atoms with Crippen LogP contribution < -0.4 is 0 Å². The Morgan fingerprint density at radius 3 is 2.06 bits per heavy atom. The number of aliphatic hydroxyl groups excluding tert-OH is 1. The molecule has 1 saturated heterocycles. The SMILES string of the molecule is CC/C1=C\[C@](C)(O[Si](C)(C)C)[C@@H](CC)OC(=O)[C@H](C)[C@@H](O[Si](C)(C)C)[C@H](C)[C@@H](OC2O[C@H](C)C[C@H](N(C)C)[C@H]2O)[C@@](C)(OC)C[C@@H](C)C1=O. The Bertz CT molecular complexity index is 1140. The first kappa shape index (κ1) is 44.2. The number of carbonyl (C=O) groups excluding carboxylic acids is 2. The van der Waals surface area contributed by atoms with Crippen molar-refractivity contribution in [3.05, 3.63) is 11.6 Å². The molecule has 1 fully saturated rings.